The predicted octanol–water partition coefficient (Wildman–Crippen LogP) is 1.66. The zero-order valence-electron chi connectivity index (χ0n) is 9.51. The lowest BCUT2D eigenvalue weighted by atomic mass is 10.1. The van der Waals surface area contributed by atoms with Gasteiger partial charge in [-0.2, -0.15) is 0 Å². The van der Waals surface area contributed by atoms with Crippen molar-refractivity contribution in [3.8, 4) is 0 Å². The molecule has 0 aliphatic carbocycles. The van der Waals surface area contributed by atoms with Crippen molar-refractivity contribution in [1.29, 1.82) is 0 Å². The Hall–Kier alpha value is -2.28. The Morgan fingerprint density at radius 1 is 1.61 bits per heavy atom. The summed E-state index contributed by atoms with van der Waals surface area (Å²) in [6.07, 6.45) is 2.92. The molecule has 0 radical (unpaired) electrons. The van der Waals surface area contributed by atoms with Crippen molar-refractivity contribution in [3.05, 3.63) is 45.3 Å². The van der Waals surface area contributed by atoms with Crippen LogP contribution in [0.2, 0.25) is 0 Å². The van der Waals surface area contributed by atoms with Crippen LogP contribution in [0.1, 0.15) is 15.9 Å². The number of nitro benzene ring substituents is 1. The van der Waals surface area contributed by atoms with Gasteiger partial charge in [0, 0.05) is 18.2 Å². The van der Waals surface area contributed by atoms with Crippen molar-refractivity contribution in [3.63, 3.8) is 0 Å². The Balaban J connectivity index is 3.27. The summed E-state index contributed by atoms with van der Waals surface area (Å²) in [4.78, 5) is 20.6. The molecule has 0 spiro atoms. The minimum Gasteiger partial charge on any atom is -0.477 e. The summed E-state index contributed by atoms with van der Waals surface area (Å²) in [5, 5.41) is 22.2. The van der Waals surface area contributed by atoms with Gasteiger partial charge in [0.05, 0.1) is 4.92 Å². The zero-order valence-corrected chi connectivity index (χ0v) is 9.51. The normalized spacial score (nSPS) is 10.8. The SMILES string of the molecule is CNCC=Cc1cc([N+](=O)[O-])c(C(=O)O)cc1F. The molecule has 0 aliphatic rings. The number of aromatic carboxylic acids is 1. The van der Waals surface area contributed by atoms with E-state index in [0.29, 0.717) is 12.6 Å². The van der Waals surface area contributed by atoms with Gasteiger partial charge in [-0.1, -0.05) is 12.2 Å². The largest absolute Gasteiger partial charge is 0.477 e. The molecule has 6 nitrogen and oxygen atoms in total. The summed E-state index contributed by atoms with van der Waals surface area (Å²) in [5.41, 5.74) is -1.32. The second-order valence-corrected chi connectivity index (χ2v) is 3.41. The second-order valence-electron chi connectivity index (χ2n) is 3.41. The van der Waals surface area contributed by atoms with Crippen molar-refractivity contribution in [1.82, 2.24) is 5.32 Å². The minimum absolute atomic E-state index is 0.0260. The van der Waals surface area contributed by atoms with Gasteiger partial charge in [0.25, 0.3) is 5.69 Å². The fraction of sp³-hybridized carbons (Fsp3) is 0.182. The van der Waals surface area contributed by atoms with E-state index in [9.17, 15) is 19.3 Å². The maximum absolute atomic E-state index is 13.5. The van der Waals surface area contributed by atoms with Crippen LogP contribution in [0.25, 0.3) is 6.08 Å². The molecular formula is C11H11FN2O4. The molecule has 0 aromatic heterocycles. The molecule has 1 aromatic carbocycles. The summed E-state index contributed by atoms with van der Waals surface area (Å²) in [5.74, 6) is -2.35. The molecule has 0 unspecified atom stereocenters. The van der Waals surface area contributed by atoms with Gasteiger partial charge in [-0.3, -0.25) is 10.1 Å². The van der Waals surface area contributed by atoms with Crippen LogP contribution >= 0.6 is 0 Å². The number of carboxylic acid groups (broad SMARTS) is 1. The molecule has 0 atom stereocenters. The van der Waals surface area contributed by atoms with Crippen LogP contribution in [0.5, 0.6) is 0 Å². The molecule has 7 heteroatoms. The van der Waals surface area contributed by atoms with E-state index < -0.39 is 28.0 Å². The van der Waals surface area contributed by atoms with Crippen molar-refractivity contribution < 1.29 is 19.2 Å². The molecular weight excluding hydrogens is 243 g/mol. The molecule has 0 fully saturated rings. The average molecular weight is 254 g/mol. The van der Waals surface area contributed by atoms with E-state index in [4.69, 9.17) is 5.11 Å². The highest BCUT2D eigenvalue weighted by Crippen LogP contribution is 2.24. The first-order chi connectivity index (χ1) is 8.47. The lowest BCUT2D eigenvalue weighted by Crippen LogP contribution is -2.05. The highest BCUT2D eigenvalue weighted by molar-refractivity contribution is 5.92. The maximum atomic E-state index is 13.5. The first-order valence-corrected chi connectivity index (χ1v) is 4.99. The van der Waals surface area contributed by atoms with Crippen LogP contribution in [0.4, 0.5) is 10.1 Å². The molecule has 18 heavy (non-hydrogen) atoms. The standard InChI is InChI=1S/C11H11FN2O4/c1-13-4-2-3-7-5-10(14(17)18)8(11(15)16)6-9(7)12/h2-3,5-6,13H,4H2,1H3,(H,15,16). The molecule has 0 aliphatic heterocycles. The smallest absolute Gasteiger partial charge is 0.342 e. The molecule has 2 N–H and O–H groups in total. The van der Waals surface area contributed by atoms with Gasteiger partial charge in [0.2, 0.25) is 0 Å². The highest BCUT2D eigenvalue weighted by atomic mass is 19.1. The molecule has 0 saturated heterocycles. The zero-order chi connectivity index (χ0) is 13.7. The van der Waals surface area contributed by atoms with Crippen LogP contribution in [0.15, 0.2) is 18.2 Å². The Labute approximate surface area is 102 Å². The van der Waals surface area contributed by atoms with Gasteiger partial charge in [0.15, 0.2) is 0 Å². The number of hydrogen-bond donors (Lipinski definition) is 2. The van der Waals surface area contributed by atoms with E-state index in [2.05, 4.69) is 5.32 Å². The number of carbonyl (C=O) groups is 1. The van der Waals surface area contributed by atoms with E-state index in [-0.39, 0.29) is 5.56 Å². The predicted molar refractivity (Wildman–Crippen MR) is 63.0 cm³/mol. The number of benzene rings is 1. The third kappa shape index (κ3) is 3.11. The molecule has 96 valence electrons. The molecule has 0 bridgehead atoms. The van der Waals surface area contributed by atoms with Crippen molar-refractivity contribution in [2.45, 2.75) is 0 Å². The molecule has 1 rings (SSSR count). The van der Waals surface area contributed by atoms with Gasteiger partial charge in [-0.25, -0.2) is 9.18 Å². The maximum Gasteiger partial charge on any atom is 0.342 e. The number of rotatable bonds is 5. The van der Waals surface area contributed by atoms with E-state index in [1.807, 2.05) is 0 Å². The number of nitro groups is 1. The first kappa shape index (κ1) is 13.8. The monoisotopic (exact) mass is 254 g/mol. The summed E-state index contributed by atoms with van der Waals surface area (Å²) < 4.78 is 13.5. The van der Waals surface area contributed by atoms with Crippen molar-refractivity contribution in [2.75, 3.05) is 13.6 Å². The van der Waals surface area contributed by atoms with Gasteiger partial charge in [-0.05, 0) is 13.1 Å². The van der Waals surface area contributed by atoms with E-state index >= 15 is 0 Å². The van der Waals surface area contributed by atoms with Gasteiger partial charge in [0.1, 0.15) is 11.4 Å². The lowest BCUT2D eigenvalue weighted by Gasteiger charge is -2.02. The fourth-order valence-corrected chi connectivity index (χ4v) is 1.33. The Morgan fingerprint density at radius 2 is 2.28 bits per heavy atom. The van der Waals surface area contributed by atoms with E-state index in [1.54, 1.807) is 13.1 Å². The quantitative estimate of drug-likeness (QED) is 0.615. The van der Waals surface area contributed by atoms with Gasteiger partial charge in [-0.15, -0.1) is 0 Å². The van der Waals surface area contributed by atoms with Crippen molar-refractivity contribution >= 4 is 17.7 Å². The number of halogens is 1. The topological polar surface area (TPSA) is 92.5 Å². The molecule has 1 aromatic rings. The Bertz CT molecular complexity index is 514. The third-order valence-electron chi connectivity index (χ3n) is 2.16. The highest BCUT2D eigenvalue weighted by Gasteiger charge is 2.22. The Morgan fingerprint density at radius 3 is 2.78 bits per heavy atom. The molecule has 0 heterocycles. The summed E-state index contributed by atoms with van der Waals surface area (Å²) >= 11 is 0. The van der Waals surface area contributed by atoms with Crippen LogP contribution in [0.3, 0.4) is 0 Å². The van der Waals surface area contributed by atoms with E-state index in [1.165, 1.54) is 6.08 Å². The summed E-state index contributed by atoms with van der Waals surface area (Å²) in [7, 11) is 1.69. The number of nitrogens with zero attached hydrogens (tertiary/aromatic N) is 1. The lowest BCUT2D eigenvalue weighted by molar-refractivity contribution is -0.385. The summed E-state index contributed by atoms with van der Waals surface area (Å²) in [6.45, 7) is 0.466. The minimum atomic E-state index is -1.54. The number of likely N-dealkylation sites (N-methyl/N-ethyl adjacent to an activating group) is 1. The number of carboxylic acids is 1. The van der Waals surface area contributed by atoms with Crippen LogP contribution < -0.4 is 5.32 Å². The summed E-state index contributed by atoms with van der Waals surface area (Å²) in [6, 6.07) is 1.56. The average Bonchev–Trinajstić information content (AvgIpc) is 2.30. The van der Waals surface area contributed by atoms with Crippen LogP contribution in [-0.2, 0) is 0 Å². The molecule has 0 saturated carbocycles. The van der Waals surface area contributed by atoms with Crippen LogP contribution in [-0.4, -0.2) is 29.6 Å². The van der Waals surface area contributed by atoms with Gasteiger partial charge >= 0.3 is 5.97 Å². The van der Waals surface area contributed by atoms with Gasteiger partial charge < -0.3 is 10.4 Å². The number of hydrogen-bond acceptors (Lipinski definition) is 4. The van der Waals surface area contributed by atoms with E-state index in [0.717, 1.165) is 6.07 Å². The van der Waals surface area contributed by atoms with Crippen molar-refractivity contribution in [2.24, 2.45) is 0 Å². The second kappa shape index (κ2) is 5.87. The number of nitrogens with one attached hydrogen (secondary N) is 1. The van der Waals surface area contributed by atoms with Crippen LogP contribution in [0, 0.1) is 15.9 Å². The fourth-order valence-electron chi connectivity index (χ4n) is 1.33. The Kier molecular flexibility index (Phi) is 4.50. The first-order valence-electron chi connectivity index (χ1n) is 4.99. The third-order valence-corrected chi connectivity index (χ3v) is 2.16. The molecule has 0 amide bonds.